The van der Waals surface area contributed by atoms with Crippen LogP contribution in [-0.2, 0) is 29.0 Å². The average molecular weight is 481 g/mol. The summed E-state index contributed by atoms with van der Waals surface area (Å²) in [5.41, 5.74) is 2.40. The summed E-state index contributed by atoms with van der Waals surface area (Å²) in [6.45, 7) is 1.74. The third-order valence-corrected chi connectivity index (χ3v) is 6.20. The zero-order chi connectivity index (χ0) is 24.9. The molecule has 4 rings (SSSR count). The molecule has 1 atom stereocenters. The van der Waals surface area contributed by atoms with Crippen LogP contribution in [-0.4, -0.2) is 48.8 Å². The predicted molar refractivity (Wildman–Crippen MR) is 127 cm³/mol. The second kappa shape index (κ2) is 10.6. The highest BCUT2D eigenvalue weighted by atomic mass is 16.5. The lowest BCUT2D eigenvalue weighted by molar-refractivity contribution is -0.140. The number of hydrogen-bond acceptors (Lipinski definition) is 9. The average Bonchev–Trinajstić information content (AvgIpc) is 2.88. The number of methoxy groups -OCH3 is 3. The Morgan fingerprint density at radius 2 is 1.80 bits per heavy atom. The molecule has 0 radical (unpaired) electrons. The van der Waals surface area contributed by atoms with Crippen LogP contribution in [0.15, 0.2) is 51.9 Å². The lowest BCUT2D eigenvalue weighted by atomic mass is 9.93. The molecule has 0 amide bonds. The molecule has 35 heavy (non-hydrogen) atoms. The van der Waals surface area contributed by atoms with Gasteiger partial charge in [0.1, 0.15) is 5.76 Å². The quantitative estimate of drug-likeness (QED) is 0.486. The molecule has 0 bridgehead atoms. The lowest BCUT2D eigenvalue weighted by Crippen LogP contribution is -2.30. The molecule has 9 heteroatoms. The molecular weight excluding hydrogens is 452 g/mol. The van der Waals surface area contributed by atoms with Gasteiger partial charge in [0, 0.05) is 31.5 Å². The number of pyridine rings is 1. The van der Waals surface area contributed by atoms with Crippen LogP contribution < -0.4 is 14.9 Å². The third-order valence-electron chi connectivity index (χ3n) is 6.20. The van der Waals surface area contributed by atoms with Gasteiger partial charge < -0.3 is 23.7 Å². The van der Waals surface area contributed by atoms with Crippen molar-refractivity contribution >= 4 is 5.97 Å². The Bertz CT molecular complexity index is 1260. The molecule has 1 aromatic carbocycles. The Morgan fingerprint density at radius 1 is 1.11 bits per heavy atom. The number of ether oxygens (including phenoxy) is 3. The van der Waals surface area contributed by atoms with Gasteiger partial charge in [-0.1, -0.05) is 0 Å². The zero-order valence-electron chi connectivity index (χ0n) is 19.9. The molecule has 0 fully saturated rings. The van der Waals surface area contributed by atoms with E-state index in [2.05, 4.69) is 9.88 Å². The maximum Gasteiger partial charge on any atom is 0.306 e. The van der Waals surface area contributed by atoms with Crippen molar-refractivity contribution in [2.24, 2.45) is 0 Å². The van der Waals surface area contributed by atoms with Crippen molar-refractivity contribution < 1.29 is 28.5 Å². The fraction of sp³-hybridized carbons (Fsp3) is 0.346. The van der Waals surface area contributed by atoms with Crippen LogP contribution in [0.25, 0.3) is 0 Å². The predicted octanol–water partition coefficient (Wildman–Crippen LogP) is 3.01. The van der Waals surface area contributed by atoms with Crippen molar-refractivity contribution in [1.82, 2.24) is 9.88 Å². The van der Waals surface area contributed by atoms with Crippen molar-refractivity contribution in [2.45, 2.75) is 31.8 Å². The van der Waals surface area contributed by atoms with Crippen molar-refractivity contribution in [1.29, 1.82) is 0 Å². The minimum Gasteiger partial charge on any atom is -0.502 e. The molecular formula is C26H28N2O7. The number of carbonyl (C=O) groups excluding carboxylic acids is 1. The maximum atomic E-state index is 12.7. The van der Waals surface area contributed by atoms with Gasteiger partial charge in [-0.05, 0) is 47.4 Å². The second-order valence-corrected chi connectivity index (χ2v) is 8.34. The molecule has 0 unspecified atom stereocenters. The highest BCUT2D eigenvalue weighted by Gasteiger charge is 2.27. The van der Waals surface area contributed by atoms with E-state index in [0.717, 1.165) is 18.5 Å². The van der Waals surface area contributed by atoms with Gasteiger partial charge in [-0.2, -0.15) is 0 Å². The van der Waals surface area contributed by atoms with E-state index >= 15 is 0 Å². The Morgan fingerprint density at radius 3 is 2.46 bits per heavy atom. The molecule has 3 heterocycles. The first-order valence-electron chi connectivity index (χ1n) is 11.2. The van der Waals surface area contributed by atoms with Gasteiger partial charge in [0.05, 0.1) is 40.2 Å². The highest BCUT2D eigenvalue weighted by molar-refractivity contribution is 5.71. The molecule has 1 aliphatic heterocycles. The Kier molecular flexibility index (Phi) is 7.36. The van der Waals surface area contributed by atoms with Crippen LogP contribution in [0.5, 0.6) is 17.2 Å². The number of fused-ring (bicyclic) bond motifs is 1. The Hall–Kier alpha value is -3.85. The molecule has 9 nitrogen and oxygen atoms in total. The van der Waals surface area contributed by atoms with Gasteiger partial charge in [0.2, 0.25) is 11.2 Å². The van der Waals surface area contributed by atoms with E-state index in [9.17, 15) is 14.7 Å². The number of nitrogens with zero attached hydrogens (tertiary/aromatic N) is 2. The second-order valence-electron chi connectivity index (χ2n) is 8.34. The largest absolute Gasteiger partial charge is 0.502 e. The van der Waals surface area contributed by atoms with Gasteiger partial charge >= 0.3 is 5.97 Å². The fourth-order valence-electron chi connectivity index (χ4n) is 4.37. The molecule has 0 saturated heterocycles. The van der Waals surface area contributed by atoms with Gasteiger partial charge in [0.15, 0.2) is 17.3 Å². The lowest BCUT2D eigenvalue weighted by Gasteiger charge is -2.29. The van der Waals surface area contributed by atoms with Crippen LogP contribution in [0.2, 0.25) is 0 Å². The molecule has 0 spiro atoms. The zero-order valence-corrected chi connectivity index (χ0v) is 19.9. The summed E-state index contributed by atoms with van der Waals surface area (Å²) in [5.74, 6) is 0.0909. The first kappa shape index (κ1) is 24.3. The molecule has 0 aliphatic carbocycles. The summed E-state index contributed by atoms with van der Waals surface area (Å²) in [4.78, 5) is 30.9. The van der Waals surface area contributed by atoms with Crippen molar-refractivity contribution in [3.8, 4) is 17.2 Å². The van der Waals surface area contributed by atoms with E-state index in [0.29, 0.717) is 35.9 Å². The summed E-state index contributed by atoms with van der Waals surface area (Å²) < 4.78 is 21.7. The number of benzene rings is 1. The smallest absolute Gasteiger partial charge is 0.306 e. The third kappa shape index (κ3) is 5.30. The minimum atomic E-state index is -0.697. The van der Waals surface area contributed by atoms with Gasteiger partial charge in [0.25, 0.3) is 0 Å². The van der Waals surface area contributed by atoms with Crippen LogP contribution in [0.3, 0.4) is 0 Å². The topological polar surface area (TPSA) is 111 Å². The van der Waals surface area contributed by atoms with Gasteiger partial charge in [-0.15, -0.1) is 0 Å². The van der Waals surface area contributed by atoms with Gasteiger partial charge in [-0.3, -0.25) is 19.5 Å². The summed E-state index contributed by atoms with van der Waals surface area (Å²) in [6, 6.07) is 8.68. The summed E-state index contributed by atoms with van der Waals surface area (Å²) >= 11 is 0. The SMILES string of the molecule is COC(=O)C[C@H](c1ccncc1)c1oc(CN2CCc3cc(OC)c(OC)cc3C2)cc(=O)c1O. The number of carbonyl (C=O) groups is 1. The molecule has 2 aromatic heterocycles. The number of esters is 1. The normalized spacial score (nSPS) is 14.1. The highest BCUT2D eigenvalue weighted by Crippen LogP contribution is 2.35. The van der Waals surface area contributed by atoms with Crippen LogP contribution in [0.1, 0.15) is 40.5 Å². The van der Waals surface area contributed by atoms with Crippen molar-refractivity contribution in [2.75, 3.05) is 27.9 Å². The van der Waals surface area contributed by atoms with Crippen LogP contribution in [0.4, 0.5) is 0 Å². The van der Waals surface area contributed by atoms with Crippen molar-refractivity contribution in [3.63, 3.8) is 0 Å². The maximum absolute atomic E-state index is 12.7. The van der Waals surface area contributed by atoms with E-state index in [1.54, 1.807) is 38.7 Å². The first-order chi connectivity index (χ1) is 16.9. The molecule has 0 saturated carbocycles. The number of aromatic nitrogens is 1. The van der Waals surface area contributed by atoms with E-state index in [-0.39, 0.29) is 12.2 Å². The van der Waals surface area contributed by atoms with E-state index in [4.69, 9.17) is 18.6 Å². The number of hydrogen-bond donors (Lipinski definition) is 1. The molecule has 184 valence electrons. The minimum absolute atomic E-state index is 0.0351. The Balaban J connectivity index is 1.63. The number of aromatic hydroxyl groups is 1. The molecule has 1 N–H and O–H groups in total. The standard InChI is InChI=1S/C26H28N2O7/c1-32-22-10-17-6-9-28(14-18(17)11-23(22)33-2)15-19-12-21(29)25(31)26(35-19)20(13-24(30)34-3)16-4-7-27-8-5-16/h4-5,7-8,10-12,20,31H,6,9,13-15H2,1-3H3/t20-/m1/s1. The van der Waals surface area contributed by atoms with E-state index in [1.807, 2.05) is 12.1 Å². The van der Waals surface area contributed by atoms with E-state index in [1.165, 1.54) is 18.7 Å². The first-order valence-corrected chi connectivity index (χ1v) is 11.2. The summed E-state index contributed by atoms with van der Waals surface area (Å²) in [6.07, 6.45) is 3.85. The number of rotatable bonds is 8. The van der Waals surface area contributed by atoms with Crippen molar-refractivity contribution in [3.05, 3.63) is 81.2 Å². The monoisotopic (exact) mass is 480 g/mol. The summed E-state index contributed by atoms with van der Waals surface area (Å²) in [5, 5.41) is 10.6. The van der Waals surface area contributed by atoms with Crippen LogP contribution >= 0.6 is 0 Å². The Labute approximate surface area is 202 Å². The molecule has 3 aromatic rings. The molecule has 1 aliphatic rings. The van der Waals surface area contributed by atoms with Gasteiger partial charge in [-0.25, -0.2) is 0 Å². The summed E-state index contributed by atoms with van der Waals surface area (Å²) in [7, 11) is 4.51. The van der Waals surface area contributed by atoms with E-state index < -0.39 is 23.1 Å². The van der Waals surface area contributed by atoms with Crippen LogP contribution in [0, 0.1) is 0 Å². The fourth-order valence-corrected chi connectivity index (χ4v) is 4.37.